The van der Waals surface area contributed by atoms with E-state index in [9.17, 15) is 13.5 Å². The van der Waals surface area contributed by atoms with Crippen LogP contribution in [0.2, 0.25) is 0 Å². The number of halogens is 1. The summed E-state index contributed by atoms with van der Waals surface area (Å²) in [7, 11) is -3.43. The minimum Gasteiger partial charge on any atom is -0.486 e. The first-order valence-corrected chi connectivity index (χ1v) is 11.1. The molecular weight excluding hydrogens is 418 g/mol. The molecule has 2 aliphatic rings. The molecule has 26 heavy (non-hydrogen) atoms. The van der Waals surface area contributed by atoms with Crippen molar-refractivity contribution in [1.82, 2.24) is 4.72 Å². The Labute approximate surface area is 161 Å². The molecule has 0 aromatic heterocycles. The van der Waals surface area contributed by atoms with E-state index in [0.29, 0.717) is 6.42 Å². The van der Waals surface area contributed by atoms with Gasteiger partial charge >= 0.3 is 0 Å². The van der Waals surface area contributed by atoms with Crippen molar-refractivity contribution in [2.24, 2.45) is 0 Å². The second kappa shape index (κ2) is 6.96. The lowest BCUT2D eigenvalue weighted by molar-refractivity contribution is 0.140. The zero-order valence-corrected chi connectivity index (χ0v) is 16.5. The summed E-state index contributed by atoms with van der Waals surface area (Å²) in [5.74, 6) is 0.547. The van der Waals surface area contributed by atoms with Crippen LogP contribution in [0.3, 0.4) is 0 Å². The van der Waals surface area contributed by atoms with E-state index in [1.165, 1.54) is 11.1 Å². The zero-order valence-electron chi connectivity index (χ0n) is 14.1. The average Bonchev–Trinajstić information content (AvgIpc) is 2.98. The number of rotatable bonds is 3. The van der Waals surface area contributed by atoms with Crippen LogP contribution < -0.4 is 9.46 Å². The van der Waals surface area contributed by atoms with Crippen molar-refractivity contribution in [2.45, 2.75) is 37.5 Å². The highest BCUT2D eigenvalue weighted by Gasteiger charge is 2.31. The van der Waals surface area contributed by atoms with Crippen LogP contribution in [-0.4, -0.2) is 25.5 Å². The summed E-state index contributed by atoms with van der Waals surface area (Å²) in [5, 5.41) is 9.72. The second-order valence-corrected chi connectivity index (χ2v) is 9.52. The molecule has 138 valence electrons. The molecule has 2 aromatic rings. The fourth-order valence-corrected chi connectivity index (χ4v) is 5.86. The van der Waals surface area contributed by atoms with Crippen LogP contribution >= 0.6 is 15.9 Å². The van der Waals surface area contributed by atoms with Crippen LogP contribution in [0.4, 0.5) is 0 Å². The first kappa shape index (κ1) is 18.0. The van der Waals surface area contributed by atoms with Crippen molar-refractivity contribution in [2.75, 3.05) is 5.75 Å². The van der Waals surface area contributed by atoms with Crippen LogP contribution in [0.25, 0.3) is 0 Å². The van der Waals surface area contributed by atoms with Crippen LogP contribution in [0, 0.1) is 0 Å². The number of nitrogens with one attached hydrogen (secondary N) is 1. The molecule has 1 heterocycles. The van der Waals surface area contributed by atoms with Crippen LogP contribution in [0.5, 0.6) is 5.75 Å². The number of ether oxygens (including phenoxy) is 1. The summed E-state index contributed by atoms with van der Waals surface area (Å²) in [4.78, 5) is 0. The topological polar surface area (TPSA) is 75.6 Å². The van der Waals surface area contributed by atoms with Gasteiger partial charge in [0.1, 0.15) is 18.1 Å². The van der Waals surface area contributed by atoms with Gasteiger partial charge < -0.3 is 9.84 Å². The maximum atomic E-state index is 11.8. The van der Waals surface area contributed by atoms with Gasteiger partial charge in [-0.25, -0.2) is 8.42 Å². The average molecular weight is 438 g/mol. The van der Waals surface area contributed by atoms with Crippen molar-refractivity contribution in [1.29, 1.82) is 0 Å². The Morgan fingerprint density at radius 3 is 2.65 bits per heavy atom. The summed E-state index contributed by atoms with van der Waals surface area (Å²) in [6, 6.07) is 13.7. The molecule has 0 spiro atoms. The number of hydrogen-bond acceptors (Lipinski definition) is 4. The standard InChI is InChI=1S/C19H20BrNO4S/c20-17-3-1-2-16-15(17)8-9-18(16)25-14-6-4-12(5-7-14)13-10-19(22)21-26(23,24)11-13/h1-7,13,18-19,21-22H,8-11H2/t13?,18-,19?/m1/s1. The van der Waals surface area contributed by atoms with Crippen molar-refractivity contribution in [3.8, 4) is 5.75 Å². The Morgan fingerprint density at radius 1 is 1.15 bits per heavy atom. The van der Waals surface area contributed by atoms with E-state index in [-0.39, 0.29) is 17.8 Å². The van der Waals surface area contributed by atoms with Gasteiger partial charge in [-0.1, -0.05) is 40.2 Å². The van der Waals surface area contributed by atoms with Gasteiger partial charge in [0.05, 0.1) is 5.75 Å². The van der Waals surface area contributed by atoms with Gasteiger partial charge in [-0.2, -0.15) is 4.72 Å². The van der Waals surface area contributed by atoms with Gasteiger partial charge in [0.2, 0.25) is 10.0 Å². The van der Waals surface area contributed by atoms with Gasteiger partial charge in [0.25, 0.3) is 0 Å². The van der Waals surface area contributed by atoms with E-state index in [1.807, 2.05) is 30.3 Å². The first-order valence-electron chi connectivity index (χ1n) is 8.63. The van der Waals surface area contributed by atoms with E-state index >= 15 is 0 Å². The Kier molecular flexibility index (Phi) is 4.81. The van der Waals surface area contributed by atoms with Crippen molar-refractivity contribution >= 4 is 26.0 Å². The molecule has 2 unspecified atom stereocenters. The Balaban J connectivity index is 1.49. The predicted octanol–water partition coefficient (Wildman–Crippen LogP) is 3.24. The lowest BCUT2D eigenvalue weighted by Crippen LogP contribution is -2.44. The fraction of sp³-hybridized carbons (Fsp3) is 0.368. The number of benzene rings is 2. The van der Waals surface area contributed by atoms with Crippen molar-refractivity contribution < 1.29 is 18.3 Å². The molecule has 2 N–H and O–H groups in total. The molecule has 1 aliphatic carbocycles. The number of sulfonamides is 1. The fourth-order valence-electron chi connectivity index (χ4n) is 3.82. The lowest BCUT2D eigenvalue weighted by atomic mass is 9.96. The Morgan fingerprint density at radius 2 is 1.92 bits per heavy atom. The largest absolute Gasteiger partial charge is 0.486 e. The predicted molar refractivity (Wildman–Crippen MR) is 103 cm³/mol. The minimum absolute atomic E-state index is 0.00566. The molecule has 1 saturated heterocycles. The van der Waals surface area contributed by atoms with E-state index in [2.05, 4.69) is 32.8 Å². The highest BCUT2D eigenvalue weighted by atomic mass is 79.9. The quantitative estimate of drug-likeness (QED) is 0.772. The molecule has 2 aromatic carbocycles. The van der Waals surface area contributed by atoms with Gasteiger partial charge in [-0.15, -0.1) is 0 Å². The summed E-state index contributed by atoms with van der Waals surface area (Å²) in [6.07, 6.45) is 1.32. The molecule has 0 bridgehead atoms. The van der Waals surface area contributed by atoms with E-state index < -0.39 is 16.3 Å². The molecule has 1 fully saturated rings. The SMILES string of the molecule is O=S1(=O)CC(c2ccc(O[C@@H]3CCc4c(Br)cccc43)cc2)CC(O)N1. The number of aliphatic hydroxyl groups is 1. The van der Waals surface area contributed by atoms with Gasteiger partial charge in [0, 0.05) is 10.4 Å². The van der Waals surface area contributed by atoms with Gasteiger partial charge in [-0.05, 0) is 54.2 Å². The molecule has 1 aliphatic heterocycles. The number of fused-ring (bicyclic) bond motifs is 1. The first-order chi connectivity index (χ1) is 12.4. The summed E-state index contributed by atoms with van der Waals surface area (Å²) in [6.45, 7) is 0. The number of aliphatic hydroxyl groups excluding tert-OH is 1. The summed E-state index contributed by atoms with van der Waals surface area (Å²) >= 11 is 3.60. The molecule has 0 saturated carbocycles. The van der Waals surface area contributed by atoms with Gasteiger partial charge in [-0.3, -0.25) is 0 Å². The highest BCUT2D eigenvalue weighted by Crippen LogP contribution is 2.38. The molecule has 3 atom stereocenters. The van der Waals surface area contributed by atoms with E-state index in [0.717, 1.165) is 28.6 Å². The van der Waals surface area contributed by atoms with Crippen molar-refractivity contribution in [3.63, 3.8) is 0 Å². The van der Waals surface area contributed by atoms with E-state index in [1.54, 1.807) is 0 Å². The smallest absolute Gasteiger partial charge is 0.214 e. The minimum atomic E-state index is -3.43. The molecule has 4 rings (SSSR count). The van der Waals surface area contributed by atoms with Crippen LogP contribution in [0.1, 0.15) is 41.6 Å². The summed E-state index contributed by atoms with van der Waals surface area (Å²) < 4.78 is 33.1. The maximum absolute atomic E-state index is 11.8. The molecule has 0 radical (unpaired) electrons. The molecule has 7 heteroatoms. The monoisotopic (exact) mass is 437 g/mol. The third kappa shape index (κ3) is 3.67. The zero-order chi connectivity index (χ0) is 18.3. The number of hydrogen-bond donors (Lipinski definition) is 2. The lowest BCUT2D eigenvalue weighted by Gasteiger charge is -2.27. The van der Waals surface area contributed by atoms with E-state index in [4.69, 9.17) is 4.74 Å². The molecular formula is C19H20BrNO4S. The van der Waals surface area contributed by atoms with Crippen molar-refractivity contribution in [3.05, 3.63) is 63.6 Å². The third-order valence-electron chi connectivity index (χ3n) is 5.03. The van der Waals surface area contributed by atoms with Crippen LogP contribution in [-0.2, 0) is 16.4 Å². The maximum Gasteiger partial charge on any atom is 0.214 e. The normalized spacial score (nSPS) is 27.1. The van der Waals surface area contributed by atoms with Crippen LogP contribution in [0.15, 0.2) is 46.9 Å². The Hall–Kier alpha value is -1.41. The Bertz CT molecular complexity index is 914. The summed E-state index contributed by atoms with van der Waals surface area (Å²) in [5.41, 5.74) is 3.43. The third-order valence-corrected chi connectivity index (χ3v) is 7.25. The molecule has 0 amide bonds. The second-order valence-electron chi connectivity index (χ2n) is 6.87. The van der Waals surface area contributed by atoms with Gasteiger partial charge in [0.15, 0.2) is 0 Å². The highest BCUT2D eigenvalue weighted by molar-refractivity contribution is 9.10. The molecule has 5 nitrogen and oxygen atoms in total.